The van der Waals surface area contributed by atoms with Crippen molar-refractivity contribution in [3.8, 4) is 5.88 Å². The predicted octanol–water partition coefficient (Wildman–Crippen LogP) is 1.90. The highest BCUT2D eigenvalue weighted by atomic mass is 16.5. The third-order valence-electron chi connectivity index (χ3n) is 2.57. The van der Waals surface area contributed by atoms with Crippen LogP contribution in [0.2, 0.25) is 0 Å². The van der Waals surface area contributed by atoms with Gasteiger partial charge in [0.25, 0.3) is 0 Å². The SMILES string of the molecule is COc1cccc(CNC2CC=CC2)n1. The topological polar surface area (TPSA) is 34.1 Å². The molecule has 1 heterocycles. The first kappa shape index (κ1) is 10.2. The van der Waals surface area contributed by atoms with E-state index in [-0.39, 0.29) is 0 Å². The Bertz CT molecular complexity index is 341. The minimum Gasteiger partial charge on any atom is -0.481 e. The van der Waals surface area contributed by atoms with Crippen LogP contribution in [0.4, 0.5) is 0 Å². The van der Waals surface area contributed by atoms with Gasteiger partial charge in [0, 0.05) is 18.7 Å². The minimum absolute atomic E-state index is 0.581. The van der Waals surface area contributed by atoms with Crippen molar-refractivity contribution in [2.24, 2.45) is 0 Å². The van der Waals surface area contributed by atoms with Crippen LogP contribution < -0.4 is 10.1 Å². The lowest BCUT2D eigenvalue weighted by Crippen LogP contribution is -2.26. The van der Waals surface area contributed by atoms with Crippen molar-refractivity contribution in [3.05, 3.63) is 36.0 Å². The molecule has 0 aromatic carbocycles. The maximum atomic E-state index is 5.08. The second kappa shape index (κ2) is 4.94. The van der Waals surface area contributed by atoms with Gasteiger partial charge in [-0.25, -0.2) is 4.98 Å². The number of ether oxygens (including phenoxy) is 1. The molecule has 0 bridgehead atoms. The molecule has 1 N–H and O–H groups in total. The summed E-state index contributed by atoms with van der Waals surface area (Å²) in [4.78, 5) is 4.35. The molecular weight excluding hydrogens is 188 g/mol. The van der Waals surface area contributed by atoms with E-state index >= 15 is 0 Å². The van der Waals surface area contributed by atoms with E-state index in [2.05, 4.69) is 22.5 Å². The van der Waals surface area contributed by atoms with Crippen molar-refractivity contribution in [2.75, 3.05) is 7.11 Å². The standard InChI is InChI=1S/C12H16N2O/c1-15-12-8-4-7-11(14-12)9-13-10-5-2-3-6-10/h2-4,7-8,10,13H,5-6,9H2,1H3. The summed E-state index contributed by atoms with van der Waals surface area (Å²) in [5.41, 5.74) is 1.03. The molecule has 1 aromatic heterocycles. The second-order valence-corrected chi connectivity index (χ2v) is 3.69. The van der Waals surface area contributed by atoms with Crippen LogP contribution in [0.25, 0.3) is 0 Å². The Morgan fingerprint density at radius 1 is 1.40 bits per heavy atom. The Morgan fingerprint density at radius 3 is 2.93 bits per heavy atom. The van der Waals surface area contributed by atoms with Crippen LogP contribution in [-0.2, 0) is 6.54 Å². The number of rotatable bonds is 4. The zero-order chi connectivity index (χ0) is 10.5. The molecule has 0 spiro atoms. The summed E-state index contributed by atoms with van der Waals surface area (Å²) in [6.07, 6.45) is 6.70. The van der Waals surface area contributed by atoms with Crippen molar-refractivity contribution in [1.29, 1.82) is 0 Å². The Morgan fingerprint density at radius 2 is 2.20 bits per heavy atom. The molecule has 0 saturated heterocycles. The van der Waals surface area contributed by atoms with Crippen LogP contribution >= 0.6 is 0 Å². The Kier molecular flexibility index (Phi) is 3.35. The zero-order valence-electron chi connectivity index (χ0n) is 8.94. The normalized spacial score (nSPS) is 15.8. The third kappa shape index (κ3) is 2.80. The average molecular weight is 204 g/mol. The fourth-order valence-electron chi connectivity index (χ4n) is 1.70. The maximum absolute atomic E-state index is 5.08. The smallest absolute Gasteiger partial charge is 0.213 e. The van der Waals surface area contributed by atoms with E-state index in [0.29, 0.717) is 11.9 Å². The number of hydrogen-bond acceptors (Lipinski definition) is 3. The molecule has 0 atom stereocenters. The Balaban J connectivity index is 1.87. The predicted molar refractivity (Wildman–Crippen MR) is 59.8 cm³/mol. The van der Waals surface area contributed by atoms with Gasteiger partial charge in [-0.05, 0) is 18.9 Å². The lowest BCUT2D eigenvalue weighted by molar-refractivity contribution is 0.395. The quantitative estimate of drug-likeness (QED) is 0.761. The van der Waals surface area contributed by atoms with Crippen molar-refractivity contribution < 1.29 is 4.74 Å². The van der Waals surface area contributed by atoms with E-state index in [1.807, 2.05) is 18.2 Å². The highest BCUT2D eigenvalue weighted by Gasteiger charge is 2.09. The molecule has 1 aliphatic carbocycles. The summed E-state index contributed by atoms with van der Waals surface area (Å²) in [5, 5.41) is 3.47. The van der Waals surface area contributed by atoms with Gasteiger partial charge >= 0.3 is 0 Å². The van der Waals surface area contributed by atoms with E-state index in [9.17, 15) is 0 Å². The number of pyridine rings is 1. The first-order chi connectivity index (χ1) is 7.38. The number of nitrogens with zero attached hydrogens (tertiary/aromatic N) is 1. The monoisotopic (exact) mass is 204 g/mol. The molecule has 0 unspecified atom stereocenters. The lowest BCUT2D eigenvalue weighted by Gasteiger charge is -2.11. The van der Waals surface area contributed by atoms with Gasteiger partial charge in [0.15, 0.2) is 0 Å². The minimum atomic E-state index is 0.581. The molecule has 3 heteroatoms. The first-order valence-corrected chi connectivity index (χ1v) is 5.27. The van der Waals surface area contributed by atoms with Gasteiger partial charge < -0.3 is 10.1 Å². The van der Waals surface area contributed by atoms with Gasteiger partial charge in [0.05, 0.1) is 12.8 Å². The van der Waals surface area contributed by atoms with Gasteiger partial charge in [0.2, 0.25) is 5.88 Å². The first-order valence-electron chi connectivity index (χ1n) is 5.27. The van der Waals surface area contributed by atoms with Gasteiger partial charge in [-0.1, -0.05) is 18.2 Å². The van der Waals surface area contributed by atoms with E-state index < -0.39 is 0 Å². The van der Waals surface area contributed by atoms with Gasteiger partial charge in [-0.3, -0.25) is 0 Å². The summed E-state index contributed by atoms with van der Waals surface area (Å²) < 4.78 is 5.08. The second-order valence-electron chi connectivity index (χ2n) is 3.69. The van der Waals surface area contributed by atoms with Gasteiger partial charge in [-0.2, -0.15) is 0 Å². The summed E-state index contributed by atoms with van der Waals surface area (Å²) in [7, 11) is 1.64. The van der Waals surface area contributed by atoms with E-state index in [4.69, 9.17) is 4.74 Å². The fraction of sp³-hybridized carbons (Fsp3) is 0.417. The Labute approximate surface area is 90.2 Å². The highest BCUT2D eigenvalue weighted by molar-refractivity contribution is 5.15. The highest BCUT2D eigenvalue weighted by Crippen LogP contribution is 2.11. The van der Waals surface area contributed by atoms with E-state index in [1.165, 1.54) is 0 Å². The Hall–Kier alpha value is -1.35. The van der Waals surface area contributed by atoms with Crippen LogP contribution in [-0.4, -0.2) is 18.1 Å². The average Bonchev–Trinajstić information content (AvgIpc) is 2.79. The molecule has 3 nitrogen and oxygen atoms in total. The van der Waals surface area contributed by atoms with E-state index in [0.717, 1.165) is 25.1 Å². The van der Waals surface area contributed by atoms with Crippen molar-refractivity contribution in [1.82, 2.24) is 10.3 Å². The number of nitrogens with one attached hydrogen (secondary N) is 1. The van der Waals surface area contributed by atoms with Gasteiger partial charge in [0.1, 0.15) is 0 Å². The third-order valence-corrected chi connectivity index (χ3v) is 2.57. The number of aromatic nitrogens is 1. The van der Waals surface area contributed by atoms with Crippen molar-refractivity contribution in [3.63, 3.8) is 0 Å². The van der Waals surface area contributed by atoms with Crippen LogP contribution in [0.5, 0.6) is 5.88 Å². The number of methoxy groups -OCH3 is 1. The molecule has 1 aliphatic rings. The summed E-state index contributed by atoms with van der Waals surface area (Å²) in [5.74, 6) is 0.679. The lowest BCUT2D eigenvalue weighted by atomic mass is 10.2. The summed E-state index contributed by atoms with van der Waals surface area (Å²) >= 11 is 0. The molecule has 0 amide bonds. The molecule has 15 heavy (non-hydrogen) atoms. The molecule has 0 radical (unpaired) electrons. The van der Waals surface area contributed by atoms with Gasteiger partial charge in [-0.15, -0.1) is 0 Å². The van der Waals surface area contributed by atoms with Crippen molar-refractivity contribution >= 4 is 0 Å². The maximum Gasteiger partial charge on any atom is 0.213 e. The van der Waals surface area contributed by atoms with Crippen LogP contribution in [0.1, 0.15) is 18.5 Å². The summed E-state index contributed by atoms with van der Waals surface area (Å²) in [6, 6.07) is 6.42. The molecule has 0 saturated carbocycles. The molecule has 2 rings (SSSR count). The number of hydrogen-bond donors (Lipinski definition) is 1. The zero-order valence-corrected chi connectivity index (χ0v) is 8.94. The van der Waals surface area contributed by atoms with Crippen LogP contribution in [0.15, 0.2) is 30.4 Å². The fourth-order valence-corrected chi connectivity index (χ4v) is 1.70. The summed E-state index contributed by atoms with van der Waals surface area (Å²) in [6.45, 7) is 0.809. The van der Waals surface area contributed by atoms with E-state index in [1.54, 1.807) is 7.11 Å². The molecule has 1 aromatic rings. The molecule has 0 aliphatic heterocycles. The van der Waals surface area contributed by atoms with Crippen molar-refractivity contribution in [2.45, 2.75) is 25.4 Å². The van der Waals surface area contributed by atoms with Crippen LogP contribution in [0, 0.1) is 0 Å². The largest absolute Gasteiger partial charge is 0.481 e. The molecule has 80 valence electrons. The van der Waals surface area contributed by atoms with Crippen LogP contribution in [0.3, 0.4) is 0 Å². The molecular formula is C12H16N2O. The molecule has 0 fully saturated rings.